The van der Waals surface area contributed by atoms with Gasteiger partial charge < -0.3 is 10.1 Å². The van der Waals surface area contributed by atoms with E-state index in [9.17, 15) is 0 Å². The van der Waals surface area contributed by atoms with Gasteiger partial charge in [-0.1, -0.05) is 12.8 Å². The minimum absolute atomic E-state index is 0.207. The maximum absolute atomic E-state index is 5.49. The molecule has 1 saturated carbocycles. The van der Waals surface area contributed by atoms with Crippen molar-refractivity contribution in [3.8, 4) is 0 Å². The standard InChI is InChI=1S/C11H23NO/c1-11(2,3)12-9-7-5-6-8-10(9)13-4/h9-10,12H,5-8H2,1-4H3. The Morgan fingerprint density at radius 3 is 2.31 bits per heavy atom. The summed E-state index contributed by atoms with van der Waals surface area (Å²) >= 11 is 0. The molecule has 2 unspecified atom stereocenters. The van der Waals surface area contributed by atoms with Crippen LogP contribution in [0.4, 0.5) is 0 Å². The van der Waals surface area contributed by atoms with E-state index in [1.807, 2.05) is 7.11 Å². The van der Waals surface area contributed by atoms with Gasteiger partial charge in [-0.25, -0.2) is 0 Å². The summed E-state index contributed by atoms with van der Waals surface area (Å²) in [4.78, 5) is 0. The smallest absolute Gasteiger partial charge is 0.0724 e. The van der Waals surface area contributed by atoms with Crippen LogP contribution in [0.3, 0.4) is 0 Å². The molecule has 78 valence electrons. The van der Waals surface area contributed by atoms with Gasteiger partial charge in [-0.05, 0) is 33.6 Å². The first-order valence-corrected chi connectivity index (χ1v) is 5.33. The van der Waals surface area contributed by atoms with Gasteiger partial charge in [0.05, 0.1) is 6.10 Å². The zero-order valence-electron chi connectivity index (χ0n) is 9.39. The maximum Gasteiger partial charge on any atom is 0.0724 e. The van der Waals surface area contributed by atoms with Crippen LogP contribution < -0.4 is 5.32 Å². The molecule has 13 heavy (non-hydrogen) atoms. The highest BCUT2D eigenvalue weighted by Gasteiger charge is 2.27. The second-order valence-corrected chi connectivity index (χ2v) is 5.06. The number of ether oxygens (including phenoxy) is 1. The number of rotatable bonds is 2. The molecule has 1 rings (SSSR count). The van der Waals surface area contributed by atoms with Crippen LogP contribution in [0.15, 0.2) is 0 Å². The van der Waals surface area contributed by atoms with Crippen LogP contribution in [-0.4, -0.2) is 24.8 Å². The SMILES string of the molecule is COC1CCCCC1NC(C)(C)C. The molecule has 1 aliphatic rings. The molecular weight excluding hydrogens is 162 g/mol. The van der Waals surface area contributed by atoms with Crippen molar-refractivity contribution in [3.05, 3.63) is 0 Å². The molecule has 1 aliphatic carbocycles. The van der Waals surface area contributed by atoms with Gasteiger partial charge in [0.15, 0.2) is 0 Å². The van der Waals surface area contributed by atoms with E-state index in [1.165, 1.54) is 25.7 Å². The van der Waals surface area contributed by atoms with Crippen molar-refractivity contribution in [3.63, 3.8) is 0 Å². The van der Waals surface area contributed by atoms with Crippen molar-refractivity contribution in [1.29, 1.82) is 0 Å². The summed E-state index contributed by atoms with van der Waals surface area (Å²) in [6.07, 6.45) is 5.56. The number of hydrogen-bond donors (Lipinski definition) is 1. The largest absolute Gasteiger partial charge is 0.380 e. The minimum atomic E-state index is 0.207. The number of methoxy groups -OCH3 is 1. The Bertz CT molecular complexity index is 151. The average Bonchev–Trinajstić information content (AvgIpc) is 2.02. The van der Waals surface area contributed by atoms with Crippen molar-refractivity contribution < 1.29 is 4.74 Å². The lowest BCUT2D eigenvalue weighted by atomic mass is 9.90. The summed E-state index contributed by atoms with van der Waals surface area (Å²) in [5.41, 5.74) is 0.207. The third kappa shape index (κ3) is 3.65. The van der Waals surface area contributed by atoms with Crippen LogP contribution in [0.5, 0.6) is 0 Å². The Kier molecular flexibility index (Phi) is 3.74. The molecule has 0 spiro atoms. The molecule has 0 aromatic rings. The van der Waals surface area contributed by atoms with Gasteiger partial charge in [0.25, 0.3) is 0 Å². The Hall–Kier alpha value is -0.0800. The highest BCUT2D eigenvalue weighted by molar-refractivity contribution is 4.86. The van der Waals surface area contributed by atoms with E-state index in [1.54, 1.807) is 0 Å². The molecule has 0 aromatic carbocycles. The molecule has 1 N–H and O–H groups in total. The highest BCUT2D eigenvalue weighted by Crippen LogP contribution is 2.22. The van der Waals surface area contributed by atoms with E-state index in [4.69, 9.17) is 4.74 Å². The Balaban J connectivity index is 2.45. The van der Waals surface area contributed by atoms with Gasteiger partial charge >= 0.3 is 0 Å². The van der Waals surface area contributed by atoms with Crippen LogP contribution >= 0.6 is 0 Å². The van der Waals surface area contributed by atoms with E-state index >= 15 is 0 Å². The fraction of sp³-hybridized carbons (Fsp3) is 1.00. The van der Waals surface area contributed by atoms with Crippen molar-refractivity contribution >= 4 is 0 Å². The fourth-order valence-corrected chi connectivity index (χ4v) is 2.10. The van der Waals surface area contributed by atoms with E-state index < -0.39 is 0 Å². The van der Waals surface area contributed by atoms with Crippen LogP contribution in [0, 0.1) is 0 Å². The first kappa shape index (κ1) is 11.0. The normalized spacial score (nSPS) is 30.5. The van der Waals surface area contributed by atoms with Crippen molar-refractivity contribution in [2.45, 2.75) is 64.1 Å². The molecule has 0 aromatic heterocycles. The second kappa shape index (κ2) is 4.43. The monoisotopic (exact) mass is 185 g/mol. The van der Waals surface area contributed by atoms with E-state index in [2.05, 4.69) is 26.1 Å². The molecule has 0 radical (unpaired) electrons. The summed E-state index contributed by atoms with van der Waals surface area (Å²) in [5.74, 6) is 0. The minimum Gasteiger partial charge on any atom is -0.380 e. The topological polar surface area (TPSA) is 21.3 Å². The van der Waals surface area contributed by atoms with Gasteiger partial charge in [-0.2, -0.15) is 0 Å². The van der Waals surface area contributed by atoms with Crippen LogP contribution in [0.1, 0.15) is 46.5 Å². The van der Waals surface area contributed by atoms with Crippen LogP contribution in [0.25, 0.3) is 0 Å². The van der Waals surface area contributed by atoms with Crippen molar-refractivity contribution in [2.24, 2.45) is 0 Å². The Labute approximate surface area is 82.0 Å². The lowest BCUT2D eigenvalue weighted by Crippen LogP contribution is -2.51. The van der Waals surface area contributed by atoms with Gasteiger partial charge in [0, 0.05) is 18.7 Å². The Morgan fingerprint density at radius 2 is 1.77 bits per heavy atom. The molecule has 0 amide bonds. The van der Waals surface area contributed by atoms with Gasteiger partial charge in [0.1, 0.15) is 0 Å². The number of hydrogen-bond acceptors (Lipinski definition) is 2. The highest BCUT2D eigenvalue weighted by atomic mass is 16.5. The third-order valence-corrected chi connectivity index (χ3v) is 2.62. The molecule has 0 bridgehead atoms. The average molecular weight is 185 g/mol. The lowest BCUT2D eigenvalue weighted by Gasteiger charge is -2.36. The quantitative estimate of drug-likeness (QED) is 0.713. The predicted molar refractivity (Wildman–Crippen MR) is 55.9 cm³/mol. The summed E-state index contributed by atoms with van der Waals surface area (Å²) in [5, 5.41) is 3.63. The summed E-state index contributed by atoms with van der Waals surface area (Å²) in [6.45, 7) is 6.65. The Morgan fingerprint density at radius 1 is 1.15 bits per heavy atom. The molecule has 2 nitrogen and oxygen atoms in total. The first-order valence-electron chi connectivity index (χ1n) is 5.33. The zero-order chi connectivity index (χ0) is 9.90. The number of nitrogens with one attached hydrogen (secondary N) is 1. The summed E-state index contributed by atoms with van der Waals surface area (Å²) in [6, 6.07) is 0.554. The van der Waals surface area contributed by atoms with Gasteiger partial charge in [0.2, 0.25) is 0 Å². The lowest BCUT2D eigenvalue weighted by molar-refractivity contribution is 0.0332. The van der Waals surface area contributed by atoms with Gasteiger partial charge in [-0.3, -0.25) is 0 Å². The predicted octanol–water partition coefficient (Wildman–Crippen LogP) is 2.33. The summed E-state index contributed by atoms with van der Waals surface area (Å²) in [7, 11) is 1.83. The molecular formula is C11H23NO. The maximum atomic E-state index is 5.49. The van der Waals surface area contributed by atoms with E-state index in [0.717, 1.165) is 0 Å². The molecule has 1 fully saturated rings. The van der Waals surface area contributed by atoms with Crippen LogP contribution in [-0.2, 0) is 4.74 Å². The second-order valence-electron chi connectivity index (χ2n) is 5.06. The van der Waals surface area contributed by atoms with E-state index in [-0.39, 0.29) is 5.54 Å². The molecule has 2 atom stereocenters. The third-order valence-electron chi connectivity index (χ3n) is 2.62. The summed E-state index contributed by atoms with van der Waals surface area (Å²) < 4.78 is 5.49. The van der Waals surface area contributed by atoms with Crippen LogP contribution in [0.2, 0.25) is 0 Å². The zero-order valence-corrected chi connectivity index (χ0v) is 9.39. The molecule has 0 heterocycles. The molecule has 2 heteroatoms. The molecule has 0 aliphatic heterocycles. The molecule has 0 saturated heterocycles. The van der Waals surface area contributed by atoms with Crippen molar-refractivity contribution in [2.75, 3.05) is 7.11 Å². The van der Waals surface area contributed by atoms with E-state index in [0.29, 0.717) is 12.1 Å². The van der Waals surface area contributed by atoms with Crippen molar-refractivity contribution in [1.82, 2.24) is 5.32 Å². The first-order chi connectivity index (χ1) is 6.03. The fourth-order valence-electron chi connectivity index (χ4n) is 2.10. The van der Waals surface area contributed by atoms with Gasteiger partial charge in [-0.15, -0.1) is 0 Å².